The number of morpholine rings is 1. The van der Waals surface area contributed by atoms with Gasteiger partial charge in [-0.25, -0.2) is 0 Å². The summed E-state index contributed by atoms with van der Waals surface area (Å²) in [6.45, 7) is 10.1. The van der Waals surface area contributed by atoms with E-state index in [0.717, 1.165) is 57.1 Å². The van der Waals surface area contributed by atoms with Crippen LogP contribution >= 0.6 is 0 Å². The van der Waals surface area contributed by atoms with Gasteiger partial charge >= 0.3 is 0 Å². The van der Waals surface area contributed by atoms with E-state index in [1.54, 1.807) is 0 Å². The first kappa shape index (κ1) is 15.1. The topological polar surface area (TPSA) is 49.4 Å². The number of anilines is 2. The number of nitrogens with zero attached hydrogens (tertiary/aromatic N) is 2. The third kappa shape index (κ3) is 4.65. The lowest BCUT2D eigenvalue weighted by Crippen LogP contribution is -2.45. The van der Waals surface area contributed by atoms with Crippen molar-refractivity contribution in [3.8, 4) is 0 Å². The zero-order valence-electron chi connectivity index (χ0n) is 12.6. The highest BCUT2D eigenvalue weighted by atomic mass is 16.5. The van der Waals surface area contributed by atoms with Crippen molar-refractivity contribution < 1.29 is 4.74 Å². The van der Waals surface area contributed by atoms with Gasteiger partial charge in [0.25, 0.3) is 0 Å². The zero-order chi connectivity index (χ0) is 14.2. The fraction of sp³-hybridized carbons (Fsp3) is 0.667. The molecule has 1 aliphatic rings. The summed E-state index contributed by atoms with van der Waals surface area (Å²) in [4.78, 5) is 6.68. The quantitative estimate of drug-likeness (QED) is 0.799. The van der Waals surface area contributed by atoms with E-state index in [1.807, 2.05) is 12.4 Å². The van der Waals surface area contributed by atoms with Gasteiger partial charge in [0, 0.05) is 26.2 Å². The first-order valence-electron chi connectivity index (χ1n) is 7.58. The van der Waals surface area contributed by atoms with Crippen LogP contribution < -0.4 is 10.6 Å². The first-order chi connectivity index (χ1) is 9.81. The van der Waals surface area contributed by atoms with Crippen molar-refractivity contribution in [1.29, 1.82) is 0 Å². The maximum atomic E-state index is 5.79. The van der Waals surface area contributed by atoms with E-state index < -0.39 is 0 Å². The molecule has 1 fully saturated rings. The van der Waals surface area contributed by atoms with Crippen LogP contribution in [0.15, 0.2) is 18.5 Å². The smallest absolute Gasteiger partial charge is 0.0874 e. The van der Waals surface area contributed by atoms with Crippen molar-refractivity contribution in [3.05, 3.63) is 18.5 Å². The van der Waals surface area contributed by atoms with E-state index in [9.17, 15) is 0 Å². The summed E-state index contributed by atoms with van der Waals surface area (Å²) in [6.07, 6.45) is 5.09. The molecule has 0 saturated carbocycles. The molecule has 0 amide bonds. The predicted octanol–water partition coefficient (Wildman–Crippen LogP) is 2.04. The third-order valence-electron chi connectivity index (χ3n) is 3.52. The van der Waals surface area contributed by atoms with Crippen molar-refractivity contribution in [2.24, 2.45) is 0 Å². The second kappa shape index (κ2) is 8.07. The highest BCUT2D eigenvalue weighted by Gasteiger charge is 2.18. The molecule has 20 heavy (non-hydrogen) atoms. The van der Waals surface area contributed by atoms with Gasteiger partial charge in [-0.15, -0.1) is 0 Å². The predicted molar refractivity (Wildman–Crippen MR) is 83.4 cm³/mol. The fourth-order valence-electron chi connectivity index (χ4n) is 2.33. The van der Waals surface area contributed by atoms with Crippen LogP contribution in [0.25, 0.3) is 0 Å². The van der Waals surface area contributed by atoms with Gasteiger partial charge in [0.1, 0.15) is 0 Å². The van der Waals surface area contributed by atoms with Crippen LogP contribution in [0.4, 0.5) is 11.4 Å². The van der Waals surface area contributed by atoms with Crippen molar-refractivity contribution in [1.82, 2.24) is 9.88 Å². The normalized spacial score (nSPS) is 19.8. The van der Waals surface area contributed by atoms with Gasteiger partial charge in [0.2, 0.25) is 0 Å². The summed E-state index contributed by atoms with van der Waals surface area (Å²) < 4.78 is 5.79. The molecule has 112 valence electrons. The van der Waals surface area contributed by atoms with Gasteiger partial charge in [-0.3, -0.25) is 9.88 Å². The Labute approximate surface area is 121 Å². The molecule has 2 N–H and O–H groups in total. The first-order valence-corrected chi connectivity index (χ1v) is 7.58. The molecular weight excluding hydrogens is 252 g/mol. The lowest BCUT2D eigenvalue weighted by molar-refractivity contribution is -0.0191. The van der Waals surface area contributed by atoms with E-state index in [4.69, 9.17) is 4.74 Å². The van der Waals surface area contributed by atoms with E-state index in [0.29, 0.717) is 0 Å². The Morgan fingerprint density at radius 3 is 2.85 bits per heavy atom. The lowest BCUT2D eigenvalue weighted by Gasteiger charge is -2.32. The number of likely N-dealkylation sites (N-methyl/N-ethyl adjacent to an activating group) is 1. The average Bonchev–Trinajstić information content (AvgIpc) is 2.51. The molecule has 0 aromatic carbocycles. The molecule has 1 aromatic rings. The van der Waals surface area contributed by atoms with Gasteiger partial charge < -0.3 is 15.4 Å². The maximum Gasteiger partial charge on any atom is 0.0874 e. The maximum absolute atomic E-state index is 5.79. The highest BCUT2D eigenvalue weighted by Crippen LogP contribution is 2.14. The number of aromatic nitrogens is 1. The molecule has 0 aliphatic carbocycles. The SMILES string of the molecule is CCCNc1cncc(NCC2CN(CC)CCO2)c1. The van der Waals surface area contributed by atoms with Gasteiger partial charge in [-0.1, -0.05) is 13.8 Å². The molecule has 0 bridgehead atoms. The molecular formula is C15H26N4O. The number of rotatable bonds is 7. The third-order valence-corrected chi connectivity index (χ3v) is 3.52. The van der Waals surface area contributed by atoms with Crippen LogP contribution in [0.1, 0.15) is 20.3 Å². The monoisotopic (exact) mass is 278 g/mol. The number of hydrogen-bond donors (Lipinski definition) is 2. The second-order valence-corrected chi connectivity index (χ2v) is 5.16. The van der Waals surface area contributed by atoms with Crippen LogP contribution in [0.2, 0.25) is 0 Å². The minimum atomic E-state index is 0.260. The number of hydrogen-bond acceptors (Lipinski definition) is 5. The van der Waals surface area contributed by atoms with E-state index in [2.05, 4.69) is 40.4 Å². The molecule has 2 rings (SSSR count). The van der Waals surface area contributed by atoms with Crippen molar-refractivity contribution in [2.75, 3.05) is 50.0 Å². The summed E-state index contributed by atoms with van der Waals surface area (Å²) >= 11 is 0. The summed E-state index contributed by atoms with van der Waals surface area (Å²) in [6, 6.07) is 2.10. The summed E-state index contributed by atoms with van der Waals surface area (Å²) in [5, 5.41) is 6.77. The summed E-state index contributed by atoms with van der Waals surface area (Å²) in [5.41, 5.74) is 2.11. The minimum absolute atomic E-state index is 0.260. The molecule has 1 aliphatic heterocycles. The van der Waals surface area contributed by atoms with E-state index in [1.165, 1.54) is 0 Å². The molecule has 5 nitrogen and oxygen atoms in total. The van der Waals surface area contributed by atoms with Crippen molar-refractivity contribution in [3.63, 3.8) is 0 Å². The molecule has 0 spiro atoms. The van der Waals surface area contributed by atoms with Crippen LogP contribution in [0, 0.1) is 0 Å². The number of nitrogens with one attached hydrogen (secondary N) is 2. The fourth-order valence-corrected chi connectivity index (χ4v) is 2.33. The van der Waals surface area contributed by atoms with Crippen LogP contribution in [-0.2, 0) is 4.74 Å². The molecule has 0 radical (unpaired) electrons. The highest BCUT2D eigenvalue weighted by molar-refractivity contribution is 5.53. The molecule has 1 unspecified atom stereocenters. The van der Waals surface area contributed by atoms with Crippen LogP contribution in [0.3, 0.4) is 0 Å². The van der Waals surface area contributed by atoms with Crippen molar-refractivity contribution in [2.45, 2.75) is 26.4 Å². The van der Waals surface area contributed by atoms with Crippen LogP contribution in [0.5, 0.6) is 0 Å². The lowest BCUT2D eigenvalue weighted by atomic mass is 10.2. The van der Waals surface area contributed by atoms with Gasteiger partial charge in [0.05, 0.1) is 36.5 Å². The Kier molecular flexibility index (Phi) is 6.08. The average molecular weight is 278 g/mol. The van der Waals surface area contributed by atoms with E-state index >= 15 is 0 Å². The zero-order valence-corrected chi connectivity index (χ0v) is 12.6. The van der Waals surface area contributed by atoms with Gasteiger partial charge in [0.15, 0.2) is 0 Å². The van der Waals surface area contributed by atoms with Crippen LogP contribution in [-0.4, -0.2) is 55.3 Å². The molecule has 1 atom stereocenters. The van der Waals surface area contributed by atoms with E-state index in [-0.39, 0.29) is 6.10 Å². The Bertz CT molecular complexity index is 399. The Hall–Kier alpha value is -1.33. The number of pyridine rings is 1. The minimum Gasteiger partial charge on any atom is -0.384 e. The standard InChI is InChI=1S/C15H26N4O/c1-3-5-17-13-8-14(10-16-9-13)18-11-15-12-19(4-2)6-7-20-15/h8-10,15,17-18H,3-7,11-12H2,1-2H3. The number of ether oxygens (including phenoxy) is 1. The molecule has 2 heterocycles. The second-order valence-electron chi connectivity index (χ2n) is 5.16. The Morgan fingerprint density at radius 1 is 1.30 bits per heavy atom. The molecule has 5 heteroatoms. The Balaban J connectivity index is 1.81. The van der Waals surface area contributed by atoms with Gasteiger partial charge in [-0.05, 0) is 19.0 Å². The largest absolute Gasteiger partial charge is 0.384 e. The van der Waals surface area contributed by atoms with Gasteiger partial charge in [-0.2, -0.15) is 0 Å². The van der Waals surface area contributed by atoms with Crippen molar-refractivity contribution >= 4 is 11.4 Å². The summed E-state index contributed by atoms with van der Waals surface area (Å²) in [7, 11) is 0. The summed E-state index contributed by atoms with van der Waals surface area (Å²) in [5.74, 6) is 0. The Morgan fingerprint density at radius 2 is 2.10 bits per heavy atom. The molecule has 1 saturated heterocycles. The molecule has 1 aromatic heterocycles.